The van der Waals surface area contributed by atoms with Crippen molar-refractivity contribution in [1.29, 1.82) is 0 Å². The van der Waals surface area contributed by atoms with Crippen LogP contribution in [0.15, 0.2) is 42.5 Å². The highest BCUT2D eigenvalue weighted by Crippen LogP contribution is 2.27. The Hall–Kier alpha value is -3.22. The molecular weight excluding hydrogens is 360 g/mol. The number of rotatable bonds is 9. The Morgan fingerprint density at radius 1 is 0.964 bits per heavy atom. The van der Waals surface area contributed by atoms with Crippen LogP contribution in [0.2, 0.25) is 0 Å². The lowest BCUT2D eigenvalue weighted by Gasteiger charge is -2.12. The summed E-state index contributed by atoms with van der Waals surface area (Å²) in [6, 6.07) is 12.5. The molecule has 0 bridgehead atoms. The molecule has 7 heteroatoms. The Bertz CT molecular complexity index is 790. The second-order valence-corrected chi connectivity index (χ2v) is 6.07. The highest BCUT2D eigenvalue weighted by Gasteiger charge is 2.12. The fourth-order valence-corrected chi connectivity index (χ4v) is 2.40. The molecule has 0 aliphatic heterocycles. The van der Waals surface area contributed by atoms with Gasteiger partial charge in [0, 0.05) is 12.0 Å². The van der Waals surface area contributed by atoms with E-state index in [1.54, 1.807) is 18.2 Å². The van der Waals surface area contributed by atoms with Crippen molar-refractivity contribution in [2.75, 3.05) is 20.3 Å². The Labute approximate surface area is 165 Å². The van der Waals surface area contributed by atoms with E-state index in [0.717, 1.165) is 11.3 Å². The minimum absolute atomic E-state index is 0.235. The van der Waals surface area contributed by atoms with Crippen LogP contribution >= 0.6 is 0 Å². The third kappa shape index (κ3) is 6.50. The molecule has 0 atom stereocenters. The number of nitrogens with one attached hydrogen (secondary N) is 2. The number of benzene rings is 2. The Morgan fingerprint density at radius 2 is 1.71 bits per heavy atom. The van der Waals surface area contributed by atoms with Crippen LogP contribution in [0.3, 0.4) is 0 Å². The number of amides is 2. The smallest absolute Gasteiger partial charge is 0.269 e. The van der Waals surface area contributed by atoms with Crippen LogP contribution < -0.4 is 25.1 Å². The molecule has 2 rings (SSSR count). The van der Waals surface area contributed by atoms with Gasteiger partial charge in [0.1, 0.15) is 5.75 Å². The van der Waals surface area contributed by atoms with Crippen LogP contribution in [0, 0.1) is 6.92 Å². The quantitative estimate of drug-likeness (QED) is 0.511. The molecular formula is C21H26N2O5. The second kappa shape index (κ2) is 10.8. The Kier molecular flexibility index (Phi) is 8.14. The van der Waals surface area contributed by atoms with Crippen molar-refractivity contribution in [3.8, 4) is 17.2 Å². The predicted molar refractivity (Wildman–Crippen MR) is 106 cm³/mol. The van der Waals surface area contributed by atoms with Gasteiger partial charge in [-0.3, -0.25) is 20.4 Å². The average molecular weight is 386 g/mol. The first kappa shape index (κ1) is 21.1. The number of hydrazine groups is 1. The lowest BCUT2D eigenvalue weighted by molar-refractivity contribution is -0.122. The summed E-state index contributed by atoms with van der Waals surface area (Å²) in [6.45, 7) is 4.78. The SMILES string of the molecule is CCOc1ccc(C(=O)NNC(=O)CCCOc2ccc(C)cc2)cc1OC. The number of carbonyl (C=O) groups excluding carboxylic acids is 2. The monoisotopic (exact) mass is 386 g/mol. The first-order chi connectivity index (χ1) is 13.5. The third-order valence-electron chi connectivity index (χ3n) is 3.88. The molecule has 2 N–H and O–H groups in total. The summed E-state index contributed by atoms with van der Waals surface area (Å²) in [4.78, 5) is 24.1. The number of hydrogen-bond donors (Lipinski definition) is 2. The van der Waals surface area contributed by atoms with E-state index in [-0.39, 0.29) is 12.3 Å². The molecule has 7 nitrogen and oxygen atoms in total. The topological polar surface area (TPSA) is 85.9 Å². The van der Waals surface area contributed by atoms with E-state index in [4.69, 9.17) is 14.2 Å². The molecule has 0 unspecified atom stereocenters. The maximum atomic E-state index is 12.2. The zero-order valence-corrected chi connectivity index (χ0v) is 16.4. The minimum Gasteiger partial charge on any atom is -0.494 e. The van der Waals surface area contributed by atoms with Gasteiger partial charge in [-0.2, -0.15) is 0 Å². The number of aryl methyl sites for hydroxylation is 1. The van der Waals surface area contributed by atoms with Crippen molar-refractivity contribution in [2.24, 2.45) is 0 Å². The highest BCUT2D eigenvalue weighted by molar-refractivity contribution is 5.96. The van der Waals surface area contributed by atoms with Gasteiger partial charge in [-0.15, -0.1) is 0 Å². The van der Waals surface area contributed by atoms with Gasteiger partial charge in [-0.05, 0) is 50.6 Å². The van der Waals surface area contributed by atoms with Crippen LogP contribution in [-0.2, 0) is 4.79 Å². The maximum absolute atomic E-state index is 12.2. The van der Waals surface area contributed by atoms with Gasteiger partial charge < -0.3 is 14.2 Å². The van der Waals surface area contributed by atoms with Gasteiger partial charge in [-0.1, -0.05) is 17.7 Å². The third-order valence-corrected chi connectivity index (χ3v) is 3.88. The van der Waals surface area contributed by atoms with Crippen molar-refractivity contribution < 1.29 is 23.8 Å². The average Bonchev–Trinajstić information content (AvgIpc) is 2.71. The minimum atomic E-state index is -0.439. The molecule has 0 aliphatic carbocycles. The van der Waals surface area contributed by atoms with E-state index in [1.165, 1.54) is 7.11 Å². The zero-order valence-electron chi connectivity index (χ0n) is 16.4. The second-order valence-electron chi connectivity index (χ2n) is 6.07. The molecule has 0 saturated heterocycles. The zero-order chi connectivity index (χ0) is 20.4. The van der Waals surface area contributed by atoms with E-state index < -0.39 is 5.91 Å². The van der Waals surface area contributed by atoms with Crippen molar-refractivity contribution in [3.63, 3.8) is 0 Å². The van der Waals surface area contributed by atoms with Gasteiger partial charge in [0.15, 0.2) is 11.5 Å². The van der Waals surface area contributed by atoms with Gasteiger partial charge in [-0.25, -0.2) is 0 Å². The van der Waals surface area contributed by atoms with Crippen LogP contribution in [-0.4, -0.2) is 32.1 Å². The molecule has 2 aromatic rings. The molecule has 28 heavy (non-hydrogen) atoms. The Morgan fingerprint density at radius 3 is 2.39 bits per heavy atom. The van der Waals surface area contributed by atoms with Gasteiger partial charge in [0.05, 0.1) is 20.3 Å². The molecule has 0 heterocycles. The van der Waals surface area contributed by atoms with Gasteiger partial charge in [0.2, 0.25) is 5.91 Å². The van der Waals surface area contributed by atoms with E-state index in [0.29, 0.717) is 36.7 Å². The van der Waals surface area contributed by atoms with E-state index in [1.807, 2.05) is 38.1 Å². The fraction of sp³-hybridized carbons (Fsp3) is 0.333. The molecule has 0 spiro atoms. The van der Waals surface area contributed by atoms with Crippen molar-refractivity contribution in [3.05, 3.63) is 53.6 Å². The number of ether oxygens (including phenoxy) is 3. The van der Waals surface area contributed by atoms with Crippen LogP contribution in [0.25, 0.3) is 0 Å². The van der Waals surface area contributed by atoms with E-state index in [9.17, 15) is 9.59 Å². The molecule has 0 radical (unpaired) electrons. The molecule has 0 aromatic heterocycles. The molecule has 0 aliphatic rings. The van der Waals surface area contributed by atoms with E-state index >= 15 is 0 Å². The van der Waals surface area contributed by atoms with Crippen molar-refractivity contribution in [1.82, 2.24) is 10.9 Å². The lowest BCUT2D eigenvalue weighted by atomic mass is 10.2. The van der Waals surface area contributed by atoms with Crippen molar-refractivity contribution in [2.45, 2.75) is 26.7 Å². The number of hydrogen-bond acceptors (Lipinski definition) is 5. The first-order valence-corrected chi connectivity index (χ1v) is 9.13. The van der Waals surface area contributed by atoms with Crippen LogP contribution in [0.1, 0.15) is 35.7 Å². The standard InChI is InChI=1S/C21H26N2O5/c1-4-27-18-12-9-16(14-19(18)26-3)21(25)23-22-20(24)6-5-13-28-17-10-7-15(2)8-11-17/h7-12,14H,4-6,13H2,1-3H3,(H,22,24)(H,23,25). The molecule has 2 amide bonds. The van der Waals surface area contributed by atoms with Crippen LogP contribution in [0.5, 0.6) is 17.2 Å². The van der Waals surface area contributed by atoms with Gasteiger partial charge in [0.25, 0.3) is 5.91 Å². The summed E-state index contributed by atoms with van der Waals surface area (Å²) in [5.74, 6) is 1.04. The number of carbonyl (C=O) groups is 2. The summed E-state index contributed by atoms with van der Waals surface area (Å²) in [7, 11) is 1.50. The molecule has 2 aromatic carbocycles. The highest BCUT2D eigenvalue weighted by atomic mass is 16.5. The summed E-state index contributed by atoms with van der Waals surface area (Å²) < 4.78 is 16.2. The normalized spacial score (nSPS) is 10.1. The van der Waals surface area contributed by atoms with Gasteiger partial charge >= 0.3 is 0 Å². The summed E-state index contributed by atoms with van der Waals surface area (Å²) >= 11 is 0. The number of methoxy groups -OCH3 is 1. The Balaban J connectivity index is 1.73. The van der Waals surface area contributed by atoms with E-state index in [2.05, 4.69) is 10.9 Å². The fourth-order valence-electron chi connectivity index (χ4n) is 2.40. The van der Waals surface area contributed by atoms with Crippen molar-refractivity contribution >= 4 is 11.8 Å². The lowest BCUT2D eigenvalue weighted by Crippen LogP contribution is -2.41. The van der Waals surface area contributed by atoms with Crippen LogP contribution in [0.4, 0.5) is 0 Å². The summed E-state index contributed by atoms with van der Waals surface area (Å²) in [5.41, 5.74) is 6.30. The predicted octanol–water partition coefficient (Wildman–Crippen LogP) is 3.02. The maximum Gasteiger partial charge on any atom is 0.269 e. The first-order valence-electron chi connectivity index (χ1n) is 9.13. The largest absolute Gasteiger partial charge is 0.494 e. The summed E-state index contributed by atoms with van der Waals surface area (Å²) in [6.07, 6.45) is 0.769. The molecule has 0 saturated carbocycles. The molecule has 0 fully saturated rings. The molecule has 150 valence electrons. The summed E-state index contributed by atoms with van der Waals surface area (Å²) in [5, 5.41) is 0.